The molecule has 0 amide bonds. The van der Waals surface area contributed by atoms with Crippen molar-refractivity contribution in [2.75, 3.05) is 36.5 Å². The number of hydrogen-bond donors (Lipinski definition) is 2. The Labute approximate surface area is 204 Å². The average molecular weight is 477 g/mol. The fraction of sp³-hybridized carbons (Fsp3) is 0.444. The SMILES string of the molecule is Cc1cc(C(C)Nc2ccccc2C(=O)O)c2nc(N3CCC4(CCOC4)CC3)c(C)c(=O)n2c1. The molecule has 0 saturated carbocycles. The number of carboxylic acid groups (broad SMARTS) is 1. The van der Waals surface area contributed by atoms with Gasteiger partial charge in [0.1, 0.15) is 11.5 Å². The topological polar surface area (TPSA) is 96.2 Å². The smallest absolute Gasteiger partial charge is 0.337 e. The van der Waals surface area contributed by atoms with E-state index < -0.39 is 5.97 Å². The van der Waals surface area contributed by atoms with Gasteiger partial charge in [0.05, 0.1) is 23.8 Å². The van der Waals surface area contributed by atoms with Crippen LogP contribution in [0.5, 0.6) is 0 Å². The number of ether oxygens (including phenoxy) is 1. The summed E-state index contributed by atoms with van der Waals surface area (Å²) in [5.41, 5.74) is 3.96. The minimum Gasteiger partial charge on any atom is -0.478 e. The number of aryl methyl sites for hydroxylation is 1. The summed E-state index contributed by atoms with van der Waals surface area (Å²) in [6.45, 7) is 9.15. The number of benzene rings is 1. The number of piperidine rings is 1. The first-order valence-corrected chi connectivity index (χ1v) is 12.2. The number of fused-ring (bicyclic) bond motifs is 1. The molecule has 35 heavy (non-hydrogen) atoms. The summed E-state index contributed by atoms with van der Waals surface area (Å²) in [5, 5.41) is 12.9. The zero-order valence-corrected chi connectivity index (χ0v) is 20.5. The molecule has 4 heterocycles. The van der Waals surface area contributed by atoms with Crippen LogP contribution in [-0.2, 0) is 4.74 Å². The molecule has 8 nitrogen and oxygen atoms in total. The van der Waals surface area contributed by atoms with Gasteiger partial charge in [-0.2, -0.15) is 0 Å². The lowest BCUT2D eigenvalue weighted by molar-refractivity contribution is 0.0698. The second-order valence-electron chi connectivity index (χ2n) is 10.0. The standard InChI is InChI=1S/C27H32N4O4/c1-17-14-21(19(3)28-22-7-5-4-6-20(22)26(33)34)24-29-23(18(2)25(32)31(24)15-17)30-11-8-27(9-12-30)10-13-35-16-27/h4-7,14-15,19,28H,8-13,16H2,1-3H3,(H,33,34). The molecule has 1 unspecified atom stereocenters. The summed E-state index contributed by atoms with van der Waals surface area (Å²) in [6.07, 6.45) is 5.01. The molecule has 2 N–H and O–H groups in total. The first-order chi connectivity index (χ1) is 16.8. The number of anilines is 2. The van der Waals surface area contributed by atoms with E-state index in [1.165, 1.54) is 0 Å². The number of aromatic nitrogens is 2. The third-order valence-corrected chi connectivity index (χ3v) is 7.59. The van der Waals surface area contributed by atoms with Crippen LogP contribution in [0.15, 0.2) is 41.3 Å². The van der Waals surface area contributed by atoms with E-state index in [9.17, 15) is 14.7 Å². The summed E-state index contributed by atoms with van der Waals surface area (Å²) >= 11 is 0. The van der Waals surface area contributed by atoms with Gasteiger partial charge in [-0.1, -0.05) is 12.1 Å². The van der Waals surface area contributed by atoms with Crippen molar-refractivity contribution >= 4 is 23.1 Å². The van der Waals surface area contributed by atoms with Crippen molar-refractivity contribution in [3.05, 3.63) is 69.1 Å². The van der Waals surface area contributed by atoms with Crippen LogP contribution in [-0.4, -0.2) is 46.8 Å². The average Bonchev–Trinajstić information content (AvgIpc) is 3.30. The predicted octanol–water partition coefficient (Wildman–Crippen LogP) is 4.19. The largest absolute Gasteiger partial charge is 0.478 e. The molecule has 3 aromatic rings. The monoisotopic (exact) mass is 476 g/mol. The second kappa shape index (κ2) is 9.00. The van der Waals surface area contributed by atoms with Gasteiger partial charge in [0.2, 0.25) is 0 Å². The summed E-state index contributed by atoms with van der Waals surface area (Å²) in [5.74, 6) is -0.246. The third-order valence-electron chi connectivity index (χ3n) is 7.59. The van der Waals surface area contributed by atoms with Gasteiger partial charge in [-0.15, -0.1) is 0 Å². The molecule has 2 saturated heterocycles. The zero-order valence-electron chi connectivity index (χ0n) is 20.5. The van der Waals surface area contributed by atoms with E-state index in [0.29, 0.717) is 16.9 Å². The lowest BCUT2D eigenvalue weighted by Crippen LogP contribution is -2.42. The van der Waals surface area contributed by atoms with Crippen molar-refractivity contribution in [3.8, 4) is 0 Å². The summed E-state index contributed by atoms with van der Waals surface area (Å²) in [4.78, 5) is 32.4. The molecule has 184 valence electrons. The van der Waals surface area contributed by atoms with Gasteiger partial charge in [0, 0.05) is 37.1 Å². The van der Waals surface area contributed by atoms with Gasteiger partial charge >= 0.3 is 5.97 Å². The molecule has 2 aliphatic heterocycles. The van der Waals surface area contributed by atoms with E-state index >= 15 is 0 Å². The lowest BCUT2D eigenvalue weighted by atomic mass is 9.78. The predicted molar refractivity (Wildman–Crippen MR) is 136 cm³/mol. The maximum Gasteiger partial charge on any atom is 0.337 e. The molecule has 2 aromatic heterocycles. The fourth-order valence-corrected chi connectivity index (χ4v) is 5.45. The molecular weight excluding hydrogens is 444 g/mol. The number of para-hydroxylation sites is 1. The molecule has 2 aliphatic rings. The van der Waals surface area contributed by atoms with Crippen LogP contribution < -0.4 is 15.8 Å². The Hall–Kier alpha value is -3.39. The van der Waals surface area contributed by atoms with Crippen molar-refractivity contribution in [1.82, 2.24) is 9.38 Å². The zero-order chi connectivity index (χ0) is 24.7. The number of pyridine rings is 1. The first-order valence-electron chi connectivity index (χ1n) is 12.2. The number of hydrogen-bond acceptors (Lipinski definition) is 6. The van der Waals surface area contributed by atoms with Crippen LogP contribution in [0.25, 0.3) is 5.65 Å². The molecule has 8 heteroatoms. The van der Waals surface area contributed by atoms with E-state index in [0.717, 1.165) is 62.5 Å². The fourth-order valence-electron chi connectivity index (χ4n) is 5.45. The Morgan fingerprint density at radius 2 is 1.94 bits per heavy atom. The van der Waals surface area contributed by atoms with Crippen LogP contribution in [0.1, 0.15) is 59.3 Å². The molecule has 2 fully saturated rings. The molecule has 5 rings (SSSR count). The Morgan fingerprint density at radius 3 is 2.63 bits per heavy atom. The lowest BCUT2D eigenvalue weighted by Gasteiger charge is -2.39. The third kappa shape index (κ3) is 4.27. The van der Waals surface area contributed by atoms with Crippen LogP contribution in [0.2, 0.25) is 0 Å². The van der Waals surface area contributed by atoms with Gasteiger partial charge in [0.15, 0.2) is 0 Å². The number of nitrogens with one attached hydrogen (secondary N) is 1. The van der Waals surface area contributed by atoms with Gasteiger partial charge < -0.3 is 20.1 Å². The maximum absolute atomic E-state index is 13.4. The normalized spacial score (nSPS) is 18.2. The van der Waals surface area contributed by atoms with Crippen molar-refractivity contribution in [1.29, 1.82) is 0 Å². The van der Waals surface area contributed by atoms with Crippen LogP contribution in [0.3, 0.4) is 0 Å². The van der Waals surface area contributed by atoms with E-state index in [1.807, 2.05) is 33.0 Å². The maximum atomic E-state index is 13.4. The Morgan fingerprint density at radius 1 is 1.20 bits per heavy atom. The first kappa shape index (κ1) is 23.4. The molecule has 0 aliphatic carbocycles. The van der Waals surface area contributed by atoms with Gasteiger partial charge in [-0.05, 0) is 69.2 Å². The van der Waals surface area contributed by atoms with Gasteiger partial charge in [0.25, 0.3) is 5.56 Å². The minimum absolute atomic E-state index is 0.0717. The highest BCUT2D eigenvalue weighted by atomic mass is 16.5. The Kier molecular flexibility index (Phi) is 6.01. The van der Waals surface area contributed by atoms with E-state index in [4.69, 9.17) is 9.72 Å². The summed E-state index contributed by atoms with van der Waals surface area (Å²) < 4.78 is 7.30. The number of nitrogens with zero attached hydrogens (tertiary/aromatic N) is 3. The van der Waals surface area contributed by atoms with E-state index in [-0.39, 0.29) is 22.6 Å². The Bertz CT molecular complexity index is 1330. The Balaban J connectivity index is 1.53. The van der Waals surface area contributed by atoms with Crippen molar-refractivity contribution in [2.45, 2.75) is 46.1 Å². The quantitative estimate of drug-likeness (QED) is 0.570. The van der Waals surface area contributed by atoms with Gasteiger partial charge in [-0.3, -0.25) is 9.20 Å². The number of aromatic carboxylic acids is 1. The summed E-state index contributed by atoms with van der Waals surface area (Å²) in [7, 11) is 0. The molecule has 0 bridgehead atoms. The molecule has 1 aromatic carbocycles. The van der Waals surface area contributed by atoms with Gasteiger partial charge in [-0.25, -0.2) is 9.78 Å². The van der Waals surface area contributed by atoms with E-state index in [1.54, 1.807) is 28.7 Å². The molecule has 1 spiro atoms. The number of rotatable bonds is 5. The highest BCUT2D eigenvalue weighted by Gasteiger charge is 2.38. The highest BCUT2D eigenvalue weighted by Crippen LogP contribution is 2.40. The van der Waals surface area contributed by atoms with Crippen LogP contribution in [0, 0.1) is 19.3 Å². The van der Waals surface area contributed by atoms with Crippen LogP contribution >= 0.6 is 0 Å². The van der Waals surface area contributed by atoms with Crippen molar-refractivity contribution in [3.63, 3.8) is 0 Å². The number of carboxylic acids is 1. The van der Waals surface area contributed by atoms with Crippen molar-refractivity contribution < 1.29 is 14.6 Å². The summed E-state index contributed by atoms with van der Waals surface area (Å²) in [6, 6.07) is 8.59. The second-order valence-corrected chi connectivity index (χ2v) is 10.0. The van der Waals surface area contributed by atoms with Crippen molar-refractivity contribution in [2.24, 2.45) is 5.41 Å². The molecule has 1 atom stereocenters. The highest BCUT2D eigenvalue weighted by molar-refractivity contribution is 5.94. The van der Waals surface area contributed by atoms with E-state index in [2.05, 4.69) is 10.2 Å². The molecular formula is C27H32N4O4. The number of carbonyl (C=O) groups is 1. The molecule has 0 radical (unpaired) electrons. The minimum atomic E-state index is -0.989. The van der Waals surface area contributed by atoms with Crippen LogP contribution in [0.4, 0.5) is 11.5 Å².